The molecule has 1 heterocycles. The van der Waals surface area contributed by atoms with E-state index in [1.807, 2.05) is 6.07 Å². The second-order valence-corrected chi connectivity index (χ2v) is 4.55. The molecule has 0 saturated carbocycles. The minimum atomic E-state index is -0.235. The van der Waals surface area contributed by atoms with Gasteiger partial charge in [0, 0.05) is 18.2 Å². The van der Waals surface area contributed by atoms with Crippen molar-refractivity contribution in [2.24, 2.45) is 0 Å². The Kier molecular flexibility index (Phi) is 2.74. The molecule has 1 nitrogen and oxygen atoms in total. The lowest BCUT2D eigenvalue weighted by atomic mass is 9.85. The van der Waals surface area contributed by atoms with E-state index in [1.165, 1.54) is 24.3 Å². The van der Waals surface area contributed by atoms with Crippen molar-refractivity contribution in [3.8, 4) is 0 Å². The molecule has 0 fully saturated rings. The third kappa shape index (κ3) is 1.96. The van der Waals surface area contributed by atoms with Gasteiger partial charge in [0.1, 0.15) is 11.6 Å². The summed E-state index contributed by atoms with van der Waals surface area (Å²) in [5, 5.41) is 3.20. The Morgan fingerprint density at radius 3 is 2.44 bits per heavy atom. The van der Waals surface area contributed by atoms with Crippen LogP contribution < -0.4 is 5.32 Å². The van der Waals surface area contributed by atoms with Crippen molar-refractivity contribution in [3.63, 3.8) is 0 Å². The van der Waals surface area contributed by atoms with Gasteiger partial charge < -0.3 is 5.32 Å². The summed E-state index contributed by atoms with van der Waals surface area (Å²) in [4.78, 5) is 0. The highest BCUT2D eigenvalue weighted by molar-refractivity contribution is 5.57. The molecule has 0 aliphatic carbocycles. The van der Waals surface area contributed by atoms with Crippen LogP contribution in [0.5, 0.6) is 0 Å². The summed E-state index contributed by atoms with van der Waals surface area (Å²) < 4.78 is 26.1. The van der Waals surface area contributed by atoms with Crippen molar-refractivity contribution < 1.29 is 8.78 Å². The van der Waals surface area contributed by atoms with Gasteiger partial charge in [0.05, 0.1) is 0 Å². The van der Waals surface area contributed by atoms with Crippen LogP contribution in [-0.2, 0) is 0 Å². The molecule has 2 aromatic carbocycles. The van der Waals surface area contributed by atoms with Gasteiger partial charge in [-0.2, -0.15) is 0 Å². The molecule has 0 spiro atoms. The van der Waals surface area contributed by atoms with Gasteiger partial charge in [-0.05, 0) is 41.8 Å². The average Bonchev–Trinajstić information content (AvgIpc) is 2.38. The fourth-order valence-electron chi connectivity index (χ4n) is 2.53. The minimum absolute atomic E-state index is 0.211. The Hall–Kier alpha value is -1.90. The maximum absolute atomic E-state index is 13.2. The Morgan fingerprint density at radius 1 is 0.944 bits per heavy atom. The van der Waals surface area contributed by atoms with E-state index in [9.17, 15) is 8.78 Å². The normalized spacial score (nSPS) is 18.0. The lowest BCUT2D eigenvalue weighted by Gasteiger charge is -2.27. The first kappa shape index (κ1) is 11.2. The van der Waals surface area contributed by atoms with Crippen molar-refractivity contribution in [1.82, 2.24) is 0 Å². The zero-order valence-electron chi connectivity index (χ0n) is 9.79. The number of benzene rings is 2. The van der Waals surface area contributed by atoms with Gasteiger partial charge in [0.15, 0.2) is 0 Å². The SMILES string of the molecule is Fc1ccc(C2CCNc3cc(F)ccc32)cc1. The first-order chi connectivity index (χ1) is 8.74. The molecule has 1 N–H and O–H groups in total. The molecule has 3 heteroatoms. The third-order valence-electron chi connectivity index (χ3n) is 3.41. The molecule has 1 unspecified atom stereocenters. The number of nitrogens with one attached hydrogen (secondary N) is 1. The van der Waals surface area contributed by atoms with Crippen molar-refractivity contribution >= 4 is 5.69 Å². The molecule has 0 bridgehead atoms. The second-order valence-electron chi connectivity index (χ2n) is 4.55. The molecule has 0 saturated heterocycles. The van der Waals surface area contributed by atoms with Crippen LogP contribution in [0.25, 0.3) is 0 Å². The summed E-state index contributed by atoms with van der Waals surface area (Å²) in [6.45, 7) is 0.804. The van der Waals surface area contributed by atoms with Crippen LogP contribution in [-0.4, -0.2) is 6.54 Å². The maximum Gasteiger partial charge on any atom is 0.125 e. The lowest BCUT2D eigenvalue weighted by molar-refractivity contribution is 0.621. The Bertz CT molecular complexity index is 563. The minimum Gasteiger partial charge on any atom is -0.385 e. The summed E-state index contributed by atoms with van der Waals surface area (Å²) in [5.74, 6) is -0.254. The highest BCUT2D eigenvalue weighted by atomic mass is 19.1. The average molecular weight is 245 g/mol. The molecular formula is C15H13F2N. The zero-order chi connectivity index (χ0) is 12.5. The number of fused-ring (bicyclic) bond motifs is 1. The van der Waals surface area contributed by atoms with Crippen LogP contribution in [0.15, 0.2) is 42.5 Å². The number of halogens is 2. The first-order valence-electron chi connectivity index (χ1n) is 6.03. The molecule has 0 aromatic heterocycles. The van der Waals surface area contributed by atoms with Gasteiger partial charge in [0.2, 0.25) is 0 Å². The maximum atomic E-state index is 13.2. The van der Waals surface area contributed by atoms with Crippen molar-refractivity contribution in [2.45, 2.75) is 12.3 Å². The number of anilines is 1. The molecule has 2 aromatic rings. The predicted molar refractivity (Wildman–Crippen MR) is 67.7 cm³/mol. The second kappa shape index (κ2) is 4.41. The molecule has 0 radical (unpaired) electrons. The van der Waals surface area contributed by atoms with E-state index in [1.54, 1.807) is 12.1 Å². The molecular weight excluding hydrogens is 232 g/mol. The van der Waals surface area contributed by atoms with Crippen LogP contribution in [0, 0.1) is 11.6 Å². The van der Waals surface area contributed by atoms with Gasteiger partial charge in [-0.15, -0.1) is 0 Å². The molecule has 0 amide bonds. The molecule has 3 rings (SSSR count). The van der Waals surface area contributed by atoms with E-state index >= 15 is 0 Å². The topological polar surface area (TPSA) is 12.0 Å². The molecule has 1 aliphatic rings. The van der Waals surface area contributed by atoms with Crippen molar-refractivity contribution in [2.75, 3.05) is 11.9 Å². The van der Waals surface area contributed by atoms with E-state index < -0.39 is 0 Å². The molecule has 18 heavy (non-hydrogen) atoms. The van der Waals surface area contributed by atoms with Gasteiger partial charge >= 0.3 is 0 Å². The summed E-state index contributed by atoms with van der Waals surface area (Å²) in [5.41, 5.74) is 3.00. The lowest BCUT2D eigenvalue weighted by Crippen LogP contribution is -2.17. The van der Waals surface area contributed by atoms with Crippen LogP contribution >= 0.6 is 0 Å². The van der Waals surface area contributed by atoms with Crippen LogP contribution in [0.1, 0.15) is 23.5 Å². The molecule has 1 aliphatic heterocycles. The van der Waals surface area contributed by atoms with Crippen LogP contribution in [0.2, 0.25) is 0 Å². The van der Waals surface area contributed by atoms with Gasteiger partial charge in [-0.3, -0.25) is 0 Å². The Balaban J connectivity index is 2.03. The van der Waals surface area contributed by atoms with E-state index in [4.69, 9.17) is 0 Å². The number of hydrogen-bond acceptors (Lipinski definition) is 1. The summed E-state index contributed by atoms with van der Waals surface area (Å²) in [6, 6.07) is 11.4. The quantitative estimate of drug-likeness (QED) is 0.803. The molecule has 92 valence electrons. The predicted octanol–water partition coefficient (Wildman–Crippen LogP) is 3.91. The van der Waals surface area contributed by atoms with E-state index in [0.717, 1.165) is 29.8 Å². The number of rotatable bonds is 1. The summed E-state index contributed by atoms with van der Waals surface area (Å²) in [7, 11) is 0. The third-order valence-corrected chi connectivity index (χ3v) is 3.41. The van der Waals surface area contributed by atoms with Crippen LogP contribution in [0.3, 0.4) is 0 Å². The fourth-order valence-corrected chi connectivity index (χ4v) is 2.53. The largest absolute Gasteiger partial charge is 0.385 e. The highest BCUT2D eigenvalue weighted by Gasteiger charge is 2.21. The Morgan fingerprint density at radius 2 is 1.67 bits per heavy atom. The van der Waals surface area contributed by atoms with Gasteiger partial charge in [-0.25, -0.2) is 8.78 Å². The first-order valence-corrected chi connectivity index (χ1v) is 6.03. The number of hydrogen-bond donors (Lipinski definition) is 1. The molecule has 1 atom stereocenters. The van der Waals surface area contributed by atoms with Gasteiger partial charge in [-0.1, -0.05) is 18.2 Å². The van der Waals surface area contributed by atoms with Crippen molar-refractivity contribution in [1.29, 1.82) is 0 Å². The summed E-state index contributed by atoms with van der Waals surface area (Å²) in [6.07, 6.45) is 0.935. The van der Waals surface area contributed by atoms with Crippen LogP contribution in [0.4, 0.5) is 14.5 Å². The fraction of sp³-hybridized carbons (Fsp3) is 0.200. The zero-order valence-corrected chi connectivity index (χ0v) is 9.79. The highest BCUT2D eigenvalue weighted by Crippen LogP contribution is 2.36. The van der Waals surface area contributed by atoms with Gasteiger partial charge in [0.25, 0.3) is 0 Å². The Labute approximate surface area is 104 Å². The summed E-state index contributed by atoms with van der Waals surface area (Å²) >= 11 is 0. The monoisotopic (exact) mass is 245 g/mol. The van der Waals surface area contributed by atoms with E-state index in [-0.39, 0.29) is 17.6 Å². The van der Waals surface area contributed by atoms with Crippen molar-refractivity contribution in [3.05, 3.63) is 65.2 Å². The van der Waals surface area contributed by atoms with E-state index in [0.29, 0.717) is 0 Å². The standard InChI is InChI=1S/C15H13F2N/c16-11-3-1-10(2-4-11)13-7-8-18-15-9-12(17)5-6-14(13)15/h1-6,9,13,18H,7-8H2. The van der Waals surface area contributed by atoms with E-state index in [2.05, 4.69) is 5.32 Å². The smallest absolute Gasteiger partial charge is 0.125 e.